The van der Waals surface area contributed by atoms with E-state index in [-0.39, 0.29) is 36.6 Å². The van der Waals surface area contributed by atoms with E-state index in [2.05, 4.69) is 25.8 Å². The smallest absolute Gasteiger partial charge is 0.442 e. The number of hydrogen-bond donors (Lipinski definition) is 0. The van der Waals surface area contributed by atoms with E-state index in [4.69, 9.17) is 14.2 Å². The molecule has 0 saturated carbocycles. The van der Waals surface area contributed by atoms with Gasteiger partial charge in [-0.15, -0.1) is 0 Å². The zero-order chi connectivity index (χ0) is 21.0. The molecule has 156 valence electrons. The molecule has 9 heteroatoms. The number of carbonyl (C=O) groups is 1. The first-order valence-electron chi connectivity index (χ1n) is 9.49. The fraction of sp³-hybridized carbons (Fsp3) is 0.500. The van der Waals surface area contributed by atoms with Gasteiger partial charge in [0, 0.05) is 24.4 Å². The molecule has 2 heterocycles. The second-order valence-corrected chi connectivity index (χ2v) is 7.98. The molecule has 0 N–H and O–H groups in total. The van der Waals surface area contributed by atoms with E-state index in [9.17, 15) is 14.9 Å². The van der Waals surface area contributed by atoms with Crippen LogP contribution in [0, 0.1) is 10.1 Å². The van der Waals surface area contributed by atoms with Crippen molar-refractivity contribution in [2.45, 2.75) is 58.3 Å². The summed E-state index contributed by atoms with van der Waals surface area (Å²) in [6, 6.07) is 8.14. The maximum Gasteiger partial charge on any atom is 0.508 e. The third-order valence-electron chi connectivity index (χ3n) is 4.71. The van der Waals surface area contributed by atoms with E-state index >= 15 is 0 Å². The minimum absolute atomic E-state index is 0.0710. The fourth-order valence-electron chi connectivity index (χ4n) is 2.98. The van der Waals surface area contributed by atoms with Gasteiger partial charge in [-0.05, 0) is 21.5 Å². The predicted molar refractivity (Wildman–Crippen MR) is 104 cm³/mol. The second-order valence-electron chi connectivity index (χ2n) is 7.98. The Morgan fingerprint density at radius 1 is 1.31 bits per heavy atom. The van der Waals surface area contributed by atoms with Crippen LogP contribution in [-0.4, -0.2) is 33.3 Å². The summed E-state index contributed by atoms with van der Waals surface area (Å²) < 4.78 is 17.5. The highest BCUT2D eigenvalue weighted by Gasteiger charge is 2.28. The summed E-state index contributed by atoms with van der Waals surface area (Å²) in [5.74, 6) is -0.240. The summed E-state index contributed by atoms with van der Waals surface area (Å²) in [5.41, 5.74) is 2.17. The molecule has 0 amide bonds. The van der Waals surface area contributed by atoms with Crippen LogP contribution in [0.15, 0.2) is 30.5 Å². The van der Waals surface area contributed by atoms with Gasteiger partial charge in [-0.2, -0.15) is 0 Å². The minimum Gasteiger partial charge on any atom is -0.442 e. The van der Waals surface area contributed by atoms with Crippen molar-refractivity contribution >= 4 is 12.0 Å². The van der Waals surface area contributed by atoms with Crippen molar-refractivity contribution in [1.82, 2.24) is 9.55 Å². The van der Waals surface area contributed by atoms with Crippen molar-refractivity contribution in [1.29, 1.82) is 0 Å². The van der Waals surface area contributed by atoms with E-state index in [1.165, 1.54) is 11.8 Å². The normalized spacial score (nSPS) is 15.9. The molecule has 1 aliphatic rings. The number of aryl methyl sites for hydroxylation is 1. The van der Waals surface area contributed by atoms with Crippen molar-refractivity contribution in [3.05, 3.63) is 51.7 Å². The van der Waals surface area contributed by atoms with E-state index in [1.54, 1.807) is 4.57 Å². The second kappa shape index (κ2) is 8.50. The average molecular weight is 403 g/mol. The van der Waals surface area contributed by atoms with Crippen molar-refractivity contribution in [3.8, 4) is 6.01 Å². The Hall–Kier alpha value is -3.10. The van der Waals surface area contributed by atoms with Crippen molar-refractivity contribution in [2.24, 2.45) is 0 Å². The van der Waals surface area contributed by atoms with Gasteiger partial charge in [-0.3, -0.25) is 4.57 Å². The number of imidazole rings is 1. The molecule has 0 spiro atoms. The first-order chi connectivity index (χ1) is 13.7. The van der Waals surface area contributed by atoms with Crippen LogP contribution in [0.3, 0.4) is 0 Å². The summed E-state index contributed by atoms with van der Waals surface area (Å²) >= 11 is 0. The lowest BCUT2D eigenvalue weighted by molar-refractivity contribution is -0.389. The predicted octanol–water partition coefficient (Wildman–Crippen LogP) is 3.98. The number of ether oxygens (including phenoxy) is 3. The van der Waals surface area contributed by atoms with Gasteiger partial charge < -0.3 is 24.3 Å². The minimum atomic E-state index is -0.738. The van der Waals surface area contributed by atoms with Gasteiger partial charge in [0.25, 0.3) is 0 Å². The number of rotatable bonds is 6. The molecule has 0 unspecified atom stereocenters. The number of carbonyl (C=O) groups excluding carboxylic acids is 1. The first kappa shape index (κ1) is 20.6. The highest BCUT2D eigenvalue weighted by molar-refractivity contribution is 5.59. The Morgan fingerprint density at radius 3 is 2.69 bits per heavy atom. The SMILES string of the molecule is CC(C)(C)c1ccc(COC(=O)OCC[C@H]2CCn3cc([N+](=O)[O-])nc3O2)cc1. The molecule has 0 aliphatic carbocycles. The Bertz CT molecular complexity index is 869. The van der Waals surface area contributed by atoms with Crippen LogP contribution in [-0.2, 0) is 28.0 Å². The Morgan fingerprint density at radius 2 is 2.03 bits per heavy atom. The van der Waals surface area contributed by atoms with Crippen LogP contribution >= 0.6 is 0 Å². The van der Waals surface area contributed by atoms with Crippen molar-refractivity contribution in [2.75, 3.05) is 6.61 Å². The lowest BCUT2D eigenvalue weighted by atomic mass is 9.87. The number of benzene rings is 1. The molecule has 0 bridgehead atoms. The number of nitrogens with zero attached hydrogens (tertiary/aromatic N) is 3. The highest BCUT2D eigenvalue weighted by atomic mass is 16.7. The molecule has 0 fully saturated rings. The quantitative estimate of drug-likeness (QED) is 0.408. The van der Waals surface area contributed by atoms with Gasteiger partial charge in [-0.25, -0.2) is 4.79 Å². The van der Waals surface area contributed by atoms with Gasteiger partial charge >= 0.3 is 18.0 Å². The maximum atomic E-state index is 11.8. The molecule has 1 atom stereocenters. The Balaban J connectivity index is 1.38. The summed E-state index contributed by atoms with van der Waals surface area (Å²) in [5, 5.41) is 10.8. The van der Waals surface area contributed by atoms with E-state index in [0.29, 0.717) is 19.4 Å². The number of hydrogen-bond acceptors (Lipinski definition) is 7. The lowest BCUT2D eigenvalue weighted by Gasteiger charge is -2.21. The zero-order valence-electron chi connectivity index (χ0n) is 16.8. The molecule has 2 aromatic rings. The molecule has 1 aliphatic heterocycles. The largest absolute Gasteiger partial charge is 0.508 e. The topological polar surface area (TPSA) is 106 Å². The number of fused-ring (bicyclic) bond motifs is 1. The molecule has 29 heavy (non-hydrogen) atoms. The number of aromatic nitrogens is 2. The van der Waals surface area contributed by atoms with Crippen LogP contribution < -0.4 is 4.74 Å². The Kier molecular flexibility index (Phi) is 6.05. The standard InChI is InChI=1S/C20H25N3O6/c1-20(2,3)15-6-4-14(5-7-15)13-28-19(24)27-11-9-16-8-10-22-12-17(23(25)26)21-18(22)29-16/h4-7,12,16H,8-11,13H2,1-3H3/t16-/m1/s1. The summed E-state index contributed by atoms with van der Waals surface area (Å²) in [7, 11) is 0. The van der Waals surface area contributed by atoms with Gasteiger partial charge in [0.2, 0.25) is 0 Å². The van der Waals surface area contributed by atoms with Gasteiger partial charge in [0.05, 0.1) is 6.61 Å². The van der Waals surface area contributed by atoms with Crippen LogP contribution in [0.4, 0.5) is 10.6 Å². The van der Waals surface area contributed by atoms with Gasteiger partial charge in [0.1, 0.15) is 18.9 Å². The number of nitro groups is 1. The summed E-state index contributed by atoms with van der Waals surface area (Å²) in [4.78, 5) is 25.8. The summed E-state index contributed by atoms with van der Waals surface area (Å²) in [6.07, 6.45) is 1.50. The van der Waals surface area contributed by atoms with Crippen LogP contribution in [0.25, 0.3) is 0 Å². The van der Waals surface area contributed by atoms with Crippen molar-refractivity contribution < 1.29 is 23.9 Å². The average Bonchev–Trinajstić information content (AvgIpc) is 3.10. The van der Waals surface area contributed by atoms with Crippen LogP contribution in [0.2, 0.25) is 0 Å². The monoisotopic (exact) mass is 403 g/mol. The highest BCUT2D eigenvalue weighted by Crippen LogP contribution is 2.25. The van der Waals surface area contributed by atoms with Crippen LogP contribution in [0.1, 0.15) is 44.7 Å². The molecular weight excluding hydrogens is 378 g/mol. The molecular formula is C20H25N3O6. The zero-order valence-corrected chi connectivity index (χ0v) is 16.8. The Labute approximate surface area is 168 Å². The maximum absolute atomic E-state index is 11.8. The van der Waals surface area contributed by atoms with Crippen LogP contribution in [0.5, 0.6) is 6.01 Å². The molecule has 1 aromatic heterocycles. The third kappa shape index (κ3) is 5.46. The fourth-order valence-corrected chi connectivity index (χ4v) is 2.98. The summed E-state index contributed by atoms with van der Waals surface area (Å²) in [6.45, 7) is 7.26. The lowest BCUT2D eigenvalue weighted by Crippen LogP contribution is -2.27. The first-order valence-corrected chi connectivity index (χ1v) is 9.49. The molecule has 3 rings (SSSR count). The molecule has 1 aromatic carbocycles. The van der Waals surface area contributed by atoms with Gasteiger partial charge in [0.15, 0.2) is 0 Å². The third-order valence-corrected chi connectivity index (χ3v) is 4.71. The van der Waals surface area contributed by atoms with E-state index in [1.807, 2.05) is 24.3 Å². The molecule has 0 radical (unpaired) electrons. The van der Waals surface area contributed by atoms with E-state index in [0.717, 1.165) is 5.56 Å². The van der Waals surface area contributed by atoms with Gasteiger partial charge in [-0.1, -0.05) is 45.0 Å². The molecule has 0 saturated heterocycles. The van der Waals surface area contributed by atoms with Crippen molar-refractivity contribution in [3.63, 3.8) is 0 Å². The molecule has 9 nitrogen and oxygen atoms in total. The van der Waals surface area contributed by atoms with E-state index < -0.39 is 11.1 Å².